The molecular weight excluding hydrogens is 649 g/mol. The Labute approximate surface area is 264 Å². The third kappa shape index (κ3) is 6.57. The van der Waals surface area contributed by atoms with Gasteiger partial charge >= 0.3 is 6.18 Å². The standard InChI is InChI=1S/C29H31F3N6O6S2/c1-34-23-9-7-21(29(30,31)32)19-25(23)37(12-4-18-45(39,40)41)27(34)5-3-6-28-35(2)24-10-8-22(20-26(24)38(28)13-11-33)46(42,43)36-14-16-44-17-15-36/h3,5-10,19-20H,4,12,14-18,33H2,1-2H3. The maximum atomic E-state index is 13.5. The summed E-state index contributed by atoms with van der Waals surface area (Å²) in [7, 11) is -4.92. The molecule has 0 unspecified atom stereocenters. The Morgan fingerprint density at radius 1 is 1.09 bits per heavy atom. The molecule has 1 saturated heterocycles. The van der Waals surface area contributed by atoms with Gasteiger partial charge in [-0.2, -0.15) is 17.5 Å². The zero-order chi connectivity index (χ0) is 33.4. The lowest BCUT2D eigenvalue weighted by Gasteiger charge is -2.25. The van der Waals surface area contributed by atoms with Crippen LogP contribution in [-0.4, -0.2) is 75.9 Å². The average molecular weight is 681 g/mol. The normalized spacial score (nSPS) is 17.2. The van der Waals surface area contributed by atoms with Gasteiger partial charge in [0.15, 0.2) is 11.0 Å². The predicted octanol–water partition coefficient (Wildman–Crippen LogP) is 1.98. The van der Waals surface area contributed by atoms with Gasteiger partial charge in [-0.1, -0.05) is 6.08 Å². The average Bonchev–Trinajstić information content (AvgIpc) is 3.42. The van der Waals surface area contributed by atoms with Gasteiger partial charge in [-0.3, -0.25) is 0 Å². The number of imidazole rings is 1. The summed E-state index contributed by atoms with van der Waals surface area (Å²) in [6.45, 7) is 1.04. The van der Waals surface area contributed by atoms with Crippen LogP contribution in [0.5, 0.6) is 0 Å². The maximum Gasteiger partial charge on any atom is 0.416 e. The van der Waals surface area contributed by atoms with Crippen molar-refractivity contribution in [1.29, 1.82) is 0 Å². The number of anilines is 2. The molecule has 2 aliphatic rings. The van der Waals surface area contributed by atoms with E-state index in [2.05, 4.69) is 12.1 Å². The molecule has 17 heteroatoms. The van der Waals surface area contributed by atoms with E-state index in [0.717, 1.165) is 12.1 Å². The second-order valence-electron chi connectivity index (χ2n) is 10.6. The van der Waals surface area contributed by atoms with Crippen LogP contribution in [-0.2, 0) is 38.1 Å². The first-order chi connectivity index (χ1) is 21.6. The molecule has 2 aliphatic heterocycles. The highest BCUT2D eigenvalue weighted by molar-refractivity contribution is 7.89. The summed E-state index contributed by atoms with van der Waals surface area (Å²) in [6, 6.07) is 13.1. The van der Waals surface area contributed by atoms with Gasteiger partial charge in [0.1, 0.15) is 11.9 Å². The first kappa shape index (κ1) is 33.3. The van der Waals surface area contributed by atoms with Gasteiger partial charge in [0.2, 0.25) is 10.0 Å². The number of nitrogens with two attached hydrogens (primary N) is 1. The Morgan fingerprint density at radius 3 is 2.46 bits per heavy atom. The van der Waals surface area contributed by atoms with Crippen molar-refractivity contribution in [2.75, 3.05) is 55.4 Å². The number of morpholine rings is 1. The minimum atomic E-state index is -4.60. The molecule has 0 spiro atoms. The van der Waals surface area contributed by atoms with Gasteiger partial charge in [-0.25, -0.2) is 21.4 Å². The quantitative estimate of drug-likeness (QED) is 0.163. The zero-order valence-electron chi connectivity index (χ0n) is 24.9. The number of rotatable bonds is 8. The molecule has 0 saturated carbocycles. The van der Waals surface area contributed by atoms with E-state index in [1.165, 1.54) is 32.0 Å². The monoisotopic (exact) mass is 680 g/mol. The van der Waals surface area contributed by atoms with E-state index in [9.17, 15) is 34.6 Å². The number of fused-ring (bicyclic) bond motifs is 2. The smallest absolute Gasteiger partial charge is 0.416 e. The van der Waals surface area contributed by atoms with Gasteiger partial charge in [-0.15, -0.1) is 4.57 Å². The molecule has 0 aliphatic carbocycles. The van der Waals surface area contributed by atoms with Crippen LogP contribution >= 0.6 is 0 Å². The molecular formula is C29H31F3N6O6S2. The number of aromatic nitrogens is 2. The fourth-order valence-electron chi connectivity index (χ4n) is 5.51. The summed E-state index contributed by atoms with van der Waals surface area (Å²) in [5, 5.41) is 0. The van der Waals surface area contributed by atoms with E-state index in [-0.39, 0.29) is 36.6 Å². The van der Waals surface area contributed by atoms with Crippen molar-refractivity contribution >= 4 is 48.6 Å². The number of aryl methyl sites for hydroxylation is 1. The minimum absolute atomic E-state index is 0.0348. The number of halogens is 3. The summed E-state index contributed by atoms with van der Waals surface area (Å²) in [4.78, 5) is 3.26. The van der Waals surface area contributed by atoms with Crippen LogP contribution in [0.2, 0.25) is 0 Å². The highest BCUT2D eigenvalue weighted by Crippen LogP contribution is 2.44. The number of alkyl halides is 3. The van der Waals surface area contributed by atoms with Crippen LogP contribution in [0.25, 0.3) is 17.1 Å². The molecule has 0 radical (unpaired) electrons. The van der Waals surface area contributed by atoms with Crippen LogP contribution < -0.4 is 20.1 Å². The molecule has 46 heavy (non-hydrogen) atoms. The van der Waals surface area contributed by atoms with Crippen molar-refractivity contribution in [1.82, 2.24) is 8.87 Å². The van der Waals surface area contributed by atoms with E-state index in [1.807, 2.05) is 0 Å². The lowest BCUT2D eigenvalue weighted by molar-refractivity contribution is -0.647. The van der Waals surface area contributed by atoms with E-state index < -0.39 is 37.6 Å². The summed E-state index contributed by atoms with van der Waals surface area (Å²) in [6.07, 6.45) is 0.226. The number of hydrogen-bond acceptors (Lipinski definition) is 9. The number of nitrogens with zero attached hydrogens (tertiary/aromatic N) is 5. The first-order valence-electron chi connectivity index (χ1n) is 14.0. The van der Waals surface area contributed by atoms with Crippen molar-refractivity contribution in [3.8, 4) is 12.1 Å². The second kappa shape index (κ2) is 12.6. The Morgan fingerprint density at radius 2 is 1.80 bits per heavy atom. The molecule has 3 aromatic rings. The molecule has 12 nitrogen and oxygen atoms in total. The van der Waals surface area contributed by atoms with Crippen molar-refractivity contribution in [3.63, 3.8) is 0 Å². The summed E-state index contributed by atoms with van der Waals surface area (Å²) in [5.74, 6) is 0.261. The van der Waals surface area contributed by atoms with Crippen LogP contribution in [0.3, 0.4) is 0 Å². The Bertz CT molecular complexity index is 2010. The van der Waals surface area contributed by atoms with Gasteiger partial charge in [0.25, 0.3) is 5.82 Å². The topological polar surface area (TPSA) is 145 Å². The van der Waals surface area contributed by atoms with Crippen LogP contribution in [0.15, 0.2) is 59.3 Å². The van der Waals surface area contributed by atoms with E-state index in [0.29, 0.717) is 41.6 Å². The molecule has 0 atom stereocenters. The maximum absolute atomic E-state index is 13.5. The van der Waals surface area contributed by atoms with E-state index in [1.54, 1.807) is 47.9 Å². The van der Waals surface area contributed by atoms with Gasteiger partial charge in [0.05, 0.1) is 58.3 Å². The Hall–Kier alpha value is -4.08. The number of ether oxygens (including phenoxy) is 1. The largest absolute Gasteiger partial charge is 0.748 e. The van der Waals surface area contributed by atoms with Crippen molar-refractivity contribution in [2.45, 2.75) is 17.5 Å². The van der Waals surface area contributed by atoms with Crippen molar-refractivity contribution < 1.29 is 43.9 Å². The molecule has 0 amide bonds. The molecule has 0 bridgehead atoms. The molecule has 3 heterocycles. The summed E-state index contributed by atoms with van der Waals surface area (Å²) < 4.78 is 111. The molecule has 5 rings (SSSR count). The molecule has 246 valence electrons. The van der Waals surface area contributed by atoms with Crippen molar-refractivity contribution in [3.05, 3.63) is 65.8 Å². The Balaban J connectivity index is 1.54. The molecule has 1 fully saturated rings. The van der Waals surface area contributed by atoms with Gasteiger partial charge in [0, 0.05) is 44.6 Å². The fraction of sp³-hybridized carbons (Fsp3) is 0.345. The number of allylic oxidation sites excluding steroid dienone is 2. The third-order valence-electron chi connectivity index (χ3n) is 7.75. The number of benzene rings is 2. The van der Waals surface area contributed by atoms with Gasteiger partial charge < -0.3 is 24.8 Å². The highest BCUT2D eigenvalue weighted by atomic mass is 32.2. The third-order valence-corrected chi connectivity index (χ3v) is 10.4. The predicted molar refractivity (Wildman–Crippen MR) is 164 cm³/mol. The second-order valence-corrected chi connectivity index (χ2v) is 14.0. The lowest BCUT2D eigenvalue weighted by atomic mass is 10.1. The van der Waals surface area contributed by atoms with Crippen LogP contribution in [0.1, 0.15) is 17.8 Å². The number of hydrogen-bond donors (Lipinski definition) is 1. The fourth-order valence-corrected chi connectivity index (χ4v) is 7.42. The molecule has 2 N–H and O–H groups in total. The Kier molecular flexibility index (Phi) is 9.12. The highest BCUT2D eigenvalue weighted by Gasteiger charge is 2.35. The van der Waals surface area contributed by atoms with Crippen molar-refractivity contribution in [2.24, 2.45) is 12.8 Å². The van der Waals surface area contributed by atoms with Gasteiger partial charge in [-0.05, 0) is 42.8 Å². The number of sulfonamides is 1. The van der Waals surface area contributed by atoms with Crippen LogP contribution in [0.4, 0.5) is 24.5 Å². The molecule has 2 aromatic carbocycles. The lowest BCUT2D eigenvalue weighted by Crippen LogP contribution is -2.40. The molecule has 1 aromatic heterocycles. The minimum Gasteiger partial charge on any atom is -0.748 e. The zero-order valence-corrected chi connectivity index (χ0v) is 26.5. The van der Waals surface area contributed by atoms with Crippen LogP contribution in [0, 0.1) is 12.1 Å². The SMILES string of the molecule is CN1/C(=C\C=C\c2n(C#CN)c3cc(S(=O)(=O)N4CCOCC4)ccc3[n+]2C)N(CCCS(=O)(=O)[O-])c2cc(C(F)(F)F)ccc21. The van der Waals surface area contributed by atoms with E-state index in [4.69, 9.17) is 10.5 Å². The first-order valence-corrected chi connectivity index (χ1v) is 17.0. The summed E-state index contributed by atoms with van der Waals surface area (Å²) in [5.41, 5.74) is 6.51. The van der Waals surface area contributed by atoms with E-state index >= 15 is 0 Å². The summed E-state index contributed by atoms with van der Waals surface area (Å²) >= 11 is 0.